The van der Waals surface area contributed by atoms with Crippen molar-refractivity contribution in [2.75, 3.05) is 11.3 Å². The third kappa shape index (κ3) is 4.90. The van der Waals surface area contributed by atoms with Crippen LogP contribution >= 0.6 is 34.5 Å². The first-order valence-corrected chi connectivity index (χ1v) is 10.8. The normalized spacial score (nSPS) is 11.4. The second-order valence-corrected chi connectivity index (χ2v) is 8.71. The van der Waals surface area contributed by atoms with Gasteiger partial charge < -0.3 is 4.74 Å². The Morgan fingerprint density at radius 3 is 2.67 bits per heavy atom. The van der Waals surface area contributed by atoms with E-state index in [9.17, 15) is 12.8 Å². The van der Waals surface area contributed by atoms with Gasteiger partial charge in [-0.15, -0.1) is 11.3 Å². The molecule has 0 radical (unpaired) electrons. The van der Waals surface area contributed by atoms with Crippen LogP contribution in [0.15, 0.2) is 52.9 Å². The SMILES string of the molecule is O=S(=O)(Nc1nccs1)c1cc(Cl)c(OCCc2ccccc2Cl)cc1F. The van der Waals surface area contributed by atoms with Crippen LogP contribution < -0.4 is 9.46 Å². The van der Waals surface area contributed by atoms with Crippen molar-refractivity contribution in [3.63, 3.8) is 0 Å². The molecular weight excluding hydrogens is 434 g/mol. The zero-order valence-corrected chi connectivity index (χ0v) is 16.8. The monoisotopic (exact) mass is 446 g/mol. The van der Waals surface area contributed by atoms with Crippen molar-refractivity contribution in [1.29, 1.82) is 0 Å². The molecule has 0 aliphatic carbocycles. The van der Waals surface area contributed by atoms with E-state index >= 15 is 0 Å². The number of aromatic nitrogens is 1. The average molecular weight is 447 g/mol. The third-order valence-corrected chi connectivity index (χ3v) is 6.35. The first-order valence-electron chi connectivity index (χ1n) is 7.64. The molecule has 0 amide bonds. The standard InChI is InChI=1S/C17H13Cl2FN2O3S2/c18-12-4-2-1-3-11(12)5-7-25-15-10-14(20)16(9-13(15)19)27(23,24)22-17-21-6-8-26-17/h1-4,6,8-10H,5,7H2,(H,21,22). The fraction of sp³-hybridized carbons (Fsp3) is 0.118. The summed E-state index contributed by atoms with van der Waals surface area (Å²) in [6, 6.07) is 9.25. The Kier molecular flexibility index (Phi) is 6.21. The molecule has 0 saturated heterocycles. The Morgan fingerprint density at radius 2 is 1.96 bits per heavy atom. The van der Waals surface area contributed by atoms with Crippen LogP contribution in [0, 0.1) is 5.82 Å². The van der Waals surface area contributed by atoms with Crippen molar-refractivity contribution in [2.45, 2.75) is 11.3 Å². The molecule has 0 spiro atoms. The van der Waals surface area contributed by atoms with Crippen molar-refractivity contribution < 1.29 is 17.5 Å². The van der Waals surface area contributed by atoms with E-state index in [-0.39, 0.29) is 22.5 Å². The highest BCUT2D eigenvalue weighted by molar-refractivity contribution is 7.93. The molecule has 27 heavy (non-hydrogen) atoms. The molecule has 10 heteroatoms. The van der Waals surface area contributed by atoms with Crippen LogP contribution in [0.25, 0.3) is 0 Å². The van der Waals surface area contributed by atoms with Gasteiger partial charge >= 0.3 is 0 Å². The predicted molar refractivity (Wildman–Crippen MR) is 105 cm³/mol. The van der Waals surface area contributed by atoms with E-state index in [0.717, 1.165) is 29.0 Å². The quantitative estimate of drug-likeness (QED) is 0.553. The molecule has 0 atom stereocenters. The number of halogens is 3. The predicted octanol–water partition coefficient (Wildman–Crippen LogP) is 5.01. The van der Waals surface area contributed by atoms with Gasteiger partial charge in [0, 0.05) is 29.1 Å². The van der Waals surface area contributed by atoms with Crippen molar-refractivity contribution in [1.82, 2.24) is 4.98 Å². The van der Waals surface area contributed by atoms with Gasteiger partial charge in [0.1, 0.15) is 16.5 Å². The summed E-state index contributed by atoms with van der Waals surface area (Å²) >= 11 is 13.2. The van der Waals surface area contributed by atoms with E-state index in [4.69, 9.17) is 27.9 Å². The van der Waals surface area contributed by atoms with Gasteiger partial charge in [-0.3, -0.25) is 4.72 Å². The molecular formula is C17H13Cl2FN2O3S2. The molecule has 0 fully saturated rings. The van der Waals surface area contributed by atoms with Crippen LogP contribution in [-0.4, -0.2) is 20.0 Å². The number of hydrogen-bond donors (Lipinski definition) is 1. The van der Waals surface area contributed by atoms with Gasteiger partial charge in [0.15, 0.2) is 5.13 Å². The summed E-state index contributed by atoms with van der Waals surface area (Å²) in [6.45, 7) is 0.201. The minimum absolute atomic E-state index is 0.0185. The lowest BCUT2D eigenvalue weighted by Gasteiger charge is -2.12. The van der Waals surface area contributed by atoms with Crippen LogP contribution in [0.4, 0.5) is 9.52 Å². The molecule has 0 bridgehead atoms. The molecule has 0 unspecified atom stereocenters. The average Bonchev–Trinajstić information content (AvgIpc) is 3.11. The summed E-state index contributed by atoms with van der Waals surface area (Å²) in [4.78, 5) is 3.23. The Labute approximate surface area is 169 Å². The topological polar surface area (TPSA) is 68.3 Å². The molecule has 142 valence electrons. The lowest BCUT2D eigenvalue weighted by atomic mass is 10.2. The van der Waals surface area contributed by atoms with Gasteiger partial charge in [-0.2, -0.15) is 0 Å². The molecule has 3 aromatic rings. The second-order valence-electron chi connectivity index (χ2n) is 5.35. The second kappa shape index (κ2) is 8.43. The highest BCUT2D eigenvalue weighted by Crippen LogP contribution is 2.31. The first kappa shape index (κ1) is 19.9. The minimum atomic E-state index is -4.16. The van der Waals surface area contributed by atoms with E-state index < -0.39 is 20.7 Å². The molecule has 0 aliphatic heterocycles. The van der Waals surface area contributed by atoms with Gasteiger partial charge in [0.05, 0.1) is 11.6 Å². The molecule has 5 nitrogen and oxygen atoms in total. The van der Waals surface area contributed by atoms with Gasteiger partial charge in [-0.25, -0.2) is 17.8 Å². The maximum Gasteiger partial charge on any atom is 0.266 e. The molecule has 0 aliphatic rings. The number of anilines is 1. The zero-order valence-electron chi connectivity index (χ0n) is 13.7. The maximum absolute atomic E-state index is 14.4. The summed E-state index contributed by atoms with van der Waals surface area (Å²) in [5, 5.41) is 2.31. The number of ether oxygens (including phenoxy) is 1. The Balaban J connectivity index is 1.74. The number of nitrogens with zero attached hydrogens (tertiary/aromatic N) is 1. The number of benzene rings is 2. The molecule has 1 N–H and O–H groups in total. The Bertz CT molecular complexity index is 1040. The molecule has 1 aromatic heterocycles. The van der Waals surface area contributed by atoms with Crippen LogP contribution in [-0.2, 0) is 16.4 Å². The number of thiazole rings is 1. The highest BCUT2D eigenvalue weighted by atomic mass is 35.5. The van der Waals surface area contributed by atoms with Crippen molar-refractivity contribution in [2.24, 2.45) is 0 Å². The molecule has 0 saturated carbocycles. The van der Waals surface area contributed by atoms with Gasteiger partial charge in [-0.1, -0.05) is 41.4 Å². The van der Waals surface area contributed by atoms with Crippen LogP contribution in [0.3, 0.4) is 0 Å². The zero-order chi connectivity index (χ0) is 19.4. The van der Waals surface area contributed by atoms with E-state index in [1.165, 1.54) is 6.20 Å². The van der Waals surface area contributed by atoms with Crippen LogP contribution in [0.1, 0.15) is 5.56 Å². The minimum Gasteiger partial charge on any atom is -0.492 e. The lowest BCUT2D eigenvalue weighted by Crippen LogP contribution is -2.15. The number of rotatable bonds is 7. The Morgan fingerprint density at radius 1 is 1.19 bits per heavy atom. The fourth-order valence-corrected chi connectivity index (χ4v) is 4.63. The van der Waals surface area contributed by atoms with E-state index in [1.54, 1.807) is 11.4 Å². The lowest BCUT2D eigenvalue weighted by molar-refractivity contribution is 0.320. The fourth-order valence-electron chi connectivity index (χ4n) is 2.24. The summed E-state index contributed by atoms with van der Waals surface area (Å²) < 4.78 is 46.7. The molecule has 3 rings (SSSR count). The molecule has 2 aromatic carbocycles. The van der Waals surface area contributed by atoms with E-state index in [2.05, 4.69) is 9.71 Å². The molecule has 1 heterocycles. The van der Waals surface area contributed by atoms with Gasteiger partial charge in [-0.05, 0) is 17.7 Å². The number of sulfonamides is 1. The van der Waals surface area contributed by atoms with E-state index in [1.807, 2.05) is 18.2 Å². The largest absolute Gasteiger partial charge is 0.492 e. The maximum atomic E-state index is 14.4. The summed E-state index contributed by atoms with van der Waals surface area (Å²) in [6.07, 6.45) is 1.92. The summed E-state index contributed by atoms with van der Waals surface area (Å²) in [5.41, 5.74) is 0.877. The smallest absolute Gasteiger partial charge is 0.266 e. The van der Waals surface area contributed by atoms with Crippen molar-refractivity contribution in [3.05, 3.63) is 69.4 Å². The third-order valence-electron chi connectivity index (χ3n) is 3.52. The van der Waals surface area contributed by atoms with Crippen molar-refractivity contribution >= 4 is 49.7 Å². The van der Waals surface area contributed by atoms with Gasteiger partial charge in [0.2, 0.25) is 0 Å². The van der Waals surface area contributed by atoms with E-state index in [0.29, 0.717) is 11.4 Å². The number of hydrogen-bond acceptors (Lipinski definition) is 5. The van der Waals surface area contributed by atoms with Gasteiger partial charge in [0.25, 0.3) is 10.0 Å². The Hall–Kier alpha value is -1.87. The number of nitrogens with one attached hydrogen (secondary N) is 1. The van der Waals surface area contributed by atoms with Crippen LogP contribution in [0.5, 0.6) is 5.75 Å². The van der Waals surface area contributed by atoms with Crippen molar-refractivity contribution in [3.8, 4) is 5.75 Å². The first-order chi connectivity index (χ1) is 12.9. The highest BCUT2D eigenvalue weighted by Gasteiger charge is 2.23. The summed E-state index contributed by atoms with van der Waals surface area (Å²) in [5.74, 6) is -0.925. The van der Waals surface area contributed by atoms with Crippen LogP contribution in [0.2, 0.25) is 10.0 Å². The summed E-state index contributed by atoms with van der Waals surface area (Å²) in [7, 11) is -4.16.